The summed E-state index contributed by atoms with van der Waals surface area (Å²) in [4.78, 5) is 0. The molecule has 0 aliphatic rings. The van der Waals surface area contributed by atoms with E-state index in [1.807, 2.05) is 12.1 Å². The average molecular weight is 362 g/mol. The summed E-state index contributed by atoms with van der Waals surface area (Å²) in [6.45, 7) is 2.28. The second kappa shape index (κ2) is 16.2. The number of nitrogens with two attached hydrogens (primary N) is 1. The Hall–Kier alpha value is -1.02. The van der Waals surface area contributed by atoms with Crippen LogP contribution in [0.15, 0.2) is 24.3 Å². The fourth-order valence-electron chi connectivity index (χ4n) is 3.64. The van der Waals surface area contributed by atoms with Gasteiger partial charge in [0.25, 0.3) is 0 Å². The Morgan fingerprint density at radius 3 is 1.58 bits per heavy atom. The molecule has 150 valence electrons. The molecule has 1 atom stereocenters. The monoisotopic (exact) mass is 361 g/mol. The molecule has 1 unspecified atom stereocenters. The standard InChI is InChI=1S/C24H43NO/c1-2-3-4-5-6-7-8-9-10-11-12-13-14-15-16-23(25)21-22-17-19-24(26)20-18-22/h17-20,23,26H,2-16,21,25H2,1H3. The number of aromatic hydroxyl groups is 1. The third-order valence-corrected chi connectivity index (χ3v) is 5.36. The molecule has 0 saturated heterocycles. The van der Waals surface area contributed by atoms with Gasteiger partial charge in [-0.25, -0.2) is 0 Å². The van der Waals surface area contributed by atoms with Crippen LogP contribution in [-0.2, 0) is 6.42 Å². The Labute approximate surface area is 162 Å². The topological polar surface area (TPSA) is 46.2 Å². The highest BCUT2D eigenvalue weighted by molar-refractivity contribution is 5.26. The van der Waals surface area contributed by atoms with Crippen molar-refractivity contribution in [2.75, 3.05) is 0 Å². The SMILES string of the molecule is CCCCCCCCCCCCCCCCC(N)Cc1ccc(O)cc1. The summed E-state index contributed by atoms with van der Waals surface area (Å²) in [7, 11) is 0. The molecule has 0 radical (unpaired) electrons. The maximum atomic E-state index is 9.30. The summed E-state index contributed by atoms with van der Waals surface area (Å²) in [6.07, 6.45) is 21.6. The predicted molar refractivity (Wildman–Crippen MR) is 115 cm³/mol. The maximum absolute atomic E-state index is 9.30. The molecule has 1 aromatic rings. The number of benzene rings is 1. The molecule has 0 aliphatic carbocycles. The highest BCUT2D eigenvalue weighted by Crippen LogP contribution is 2.15. The van der Waals surface area contributed by atoms with Crippen molar-refractivity contribution >= 4 is 0 Å². The van der Waals surface area contributed by atoms with Gasteiger partial charge in [-0.3, -0.25) is 0 Å². The van der Waals surface area contributed by atoms with Crippen LogP contribution in [0.5, 0.6) is 5.75 Å². The van der Waals surface area contributed by atoms with Gasteiger partial charge in [0.1, 0.15) is 5.75 Å². The largest absolute Gasteiger partial charge is 0.508 e. The fraction of sp³-hybridized carbons (Fsp3) is 0.750. The van der Waals surface area contributed by atoms with Crippen LogP contribution in [-0.4, -0.2) is 11.1 Å². The van der Waals surface area contributed by atoms with E-state index in [9.17, 15) is 5.11 Å². The third-order valence-electron chi connectivity index (χ3n) is 5.36. The van der Waals surface area contributed by atoms with Gasteiger partial charge >= 0.3 is 0 Å². The molecule has 0 spiro atoms. The van der Waals surface area contributed by atoms with E-state index in [1.54, 1.807) is 12.1 Å². The van der Waals surface area contributed by atoms with Crippen LogP contribution in [0.4, 0.5) is 0 Å². The van der Waals surface area contributed by atoms with E-state index in [1.165, 1.54) is 95.5 Å². The third kappa shape index (κ3) is 13.2. The lowest BCUT2D eigenvalue weighted by molar-refractivity contribution is 0.474. The smallest absolute Gasteiger partial charge is 0.115 e. The van der Waals surface area contributed by atoms with E-state index < -0.39 is 0 Å². The maximum Gasteiger partial charge on any atom is 0.115 e. The number of unbranched alkanes of at least 4 members (excludes halogenated alkanes) is 13. The lowest BCUT2D eigenvalue weighted by Gasteiger charge is -2.11. The molecule has 1 rings (SSSR count). The number of hydrogen-bond acceptors (Lipinski definition) is 2. The van der Waals surface area contributed by atoms with E-state index in [2.05, 4.69) is 6.92 Å². The van der Waals surface area contributed by atoms with Crippen molar-refractivity contribution < 1.29 is 5.11 Å². The molecule has 0 saturated carbocycles. The van der Waals surface area contributed by atoms with E-state index in [-0.39, 0.29) is 6.04 Å². The molecular weight excluding hydrogens is 318 g/mol. The van der Waals surface area contributed by atoms with Crippen molar-refractivity contribution in [2.45, 2.75) is 116 Å². The summed E-state index contributed by atoms with van der Waals surface area (Å²) >= 11 is 0. The van der Waals surface area contributed by atoms with Gasteiger partial charge in [0.2, 0.25) is 0 Å². The van der Waals surface area contributed by atoms with E-state index in [4.69, 9.17) is 5.73 Å². The van der Waals surface area contributed by atoms with Gasteiger partial charge in [-0.1, -0.05) is 109 Å². The Bertz CT molecular complexity index is 415. The molecule has 2 heteroatoms. The first kappa shape index (κ1) is 23.0. The van der Waals surface area contributed by atoms with Crippen molar-refractivity contribution in [3.8, 4) is 5.75 Å². The molecule has 0 amide bonds. The molecule has 3 N–H and O–H groups in total. The van der Waals surface area contributed by atoms with Crippen LogP contribution in [0, 0.1) is 0 Å². The Kier molecular flexibility index (Phi) is 14.3. The lowest BCUT2D eigenvalue weighted by Crippen LogP contribution is -2.22. The van der Waals surface area contributed by atoms with E-state index in [0.29, 0.717) is 5.75 Å². The van der Waals surface area contributed by atoms with Gasteiger partial charge in [0, 0.05) is 6.04 Å². The zero-order chi connectivity index (χ0) is 18.9. The Morgan fingerprint density at radius 1 is 0.692 bits per heavy atom. The first-order chi connectivity index (χ1) is 12.7. The van der Waals surface area contributed by atoms with Gasteiger partial charge in [0.05, 0.1) is 0 Å². The molecule has 26 heavy (non-hydrogen) atoms. The summed E-state index contributed by atoms with van der Waals surface area (Å²) in [5, 5.41) is 9.30. The average Bonchev–Trinajstić information content (AvgIpc) is 2.64. The molecular formula is C24H43NO. The predicted octanol–water partition coefficient (Wildman–Crippen LogP) is 7.13. The van der Waals surface area contributed by atoms with Crippen molar-refractivity contribution in [3.63, 3.8) is 0 Å². The molecule has 1 aromatic carbocycles. The molecule has 0 aromatic heterocycles. The number of phenolic OH excluding ortho intramolecular Hbond substituents is 1. The van der Waals surface area contributed by atoms with Gasteiger partial charge in [-0.15, -0.1) is 0 Å². The molecule has 2 nitrogen and oxygen atoms in total. The van der Waals surface area contributed by atoms with Crippen molar-refractivity contribution in [3.05, 3.63) is 29.8 Å². The summed E-state index contributed by atoms with van der Waals surface area (Å²) in [5.41, 5.74) is 7.45. The van der Waals surface area contributed by atoms with Crippen molar-refractivity contribution in [1.82, 2.24) is 0 Å². The minimum atomic E-state index is 0.247. The minimum absolute atomic E-state index is 0.247. The second-order valence-electron chi connectivity index (χ2n) is 8.02. The molecule has 0 heterocycles. The molecule has 0 fully saturated rings. The zero-order valence-electron chi connectivity index (χ0n) is 17.2. The minimum Gasteiger partial charge on any atom is -0.508 e. The number of rotatable bonds is 17. The van der Waals surface area contributed by atoms with Crippen molar-refractivity contribution in [1.29, 1.82) is 0 Å². The number of phenols is 1. The summed E-state index contributed by atoms with van der Waals surface area (Å²) < 4.78 is 0. The van der Waals surface area contributed by atoms with E-state index >= 15 is 0 Å². The van der Waals surface area contributed by atoms with Crippen LogP contribution < -0.4 is 5.73 Å². The molecule has 0 bridgehead atoms. The molecule has 0 aliphatic heterocycles. The highest BCUT2D eigenvalue weighted by atomic mass is 16.3. The normalized spacial score (nSPS) is 12.4. The van der Waals surface area contributed by atoms with Crippen molar-refractivity contribution in [2.24, 2.45) is 5.73 Å². The van der Waals surface area contributed by atoms with Crippen LogP contribution in [0.2, 0.25) is 0 Å². The first-order valence-electron chi connectivity index (χ1n) is 11.3. The second-order valence-corrected chi connectivity index (χ2v) is 8.02. The quantitative estimate of drug-likeness (QED) is 0.290. The Balaban J connectivity index is 1.82. The summed E-state index contributed by atoms with van der Waals surface area (Å²) in [6, 6.07) is 7.68. The fourth-order valence-corrected chi connectivity index (χ4v) is 3.64. The Morgan fingerprint density at radius 2 is 1.12 bits per heavy atom. The van der Waals surface area contributed by atoms with Gasteiger partial charge in [-0.05, 0) is 30.5 Å². The van der Waals surface area contributed by atoms with Crippen LogP contribution in [0.1, 0.15) is 109 Å². The van der Waals surface area contributed by atoms with Crippen LogP contribution in [0.3, 0.4) is 0 Å². The lowest BCUT2D eigenvalue weighted by atomic mass is 10.00. The zero-order valence-corrected chi connectivity index (χ0v) is 17.2. The van der Waals surface area contributed by atoms with Crippen LogP contribution >= 0.6 is 0 Å². The van der Waals surface area contributed by atoms with Gasteiger partial charge in [0.15, 0.2) is 0 Å². The van der Waals surface area contributed by atoms with E-state index in [0.717, 1.165) is 12.8 Å². The van der Waals surface area contributed by atoms with Gasteiger partial charge < -0.3 is 10.8 Å². The first-order valence-corrected chi connectivity index (χ1v) is 11.3. The summed E-state index contributed by atoms with van der Waals surface area (Å²) in [5.74, 6) is 0.328. The highest BCUT2D eigenvalue weighted by Gasteiger charge is 2.04. The number of hydrogen-bond donors (Lipinski definition) is 2. The van der Waals surface area contributed by atoms with Gasteiger partial charge in [-0.2, -0.15) is 0 Å². The van der Waals surface area contributed by atoms with Crippen LogP contribution in [0.25, 0.3) is 0 Å².